The first kappa shape index (κ1) is 17.6. The highest BCUT2D eigenvalue weighted by atomic mass is 32.1. The van der Waals surface area contributed by atoms with Gasteiger partial charge in [-0.2, -0.15) is 0 Å². The van der Waals surface area contributed by atoms with Crippen molar-refractivity contribution >= 4 is 39.7 Å². The maximum absolute atomic E-state index is 13.0. The maximum Gasteiger partial charge on any atom is 0.251 e. The number of nitrogen functional groups attached to an aromatic ring is 1. The summed E-state index contributed by atoms with van der Waals surface area (Å²) in [6, 6.07) is 12.0. The van der Waals surface area contributed by atoms with Crippen LogP contribution in [0.15, 0.2) is 48.5 Å². The summed E-state index contributed by atoms with van der Waals surface area (Å²) in [5.41, 5.74) is 7.37. The van der Waals surface area contributed by atoms with Crippen molar-refractivity contribution in [1.82, 2.24) is 10.3 Å². The third-order valence-electron chi connectivity index (χ3n) is 3.59. The van der Waals surface area contributed by atoms with Gasteiger partial charge in [-0.3, -0.25) is 9.59 Å². The molecule has 0 saturated carbocycles. The smallest absolute Gasteiger partial charge is 0.251 e. The Balaban J connectivity index is 1.80. The van der Waals surface area contributed by atoms with Gasteiger partial charge in [0.05, 0.1) is 0 Å². The molecular formula is C18H15FN4O2S. The number of aromatic nitrogens is 1. The molecule has 0 saturated heterocycles. The molecule has 0 aliphatic heterocycles. The molecule has 0 aliphatic rings. The average Bonchev–Trinajstić information content (AvgIpc) is 3.02. The Bertz CT molecular complexity index is 952. The molecule has 3 rings (SSSR count). The molecular weight excluding hydrogens is 355 g/mol. The SMILES string of the molecule is CNC(=O)c1ccc(C(=O)c2sc(Nc3ccc(F)cc3)nc2N)cc1. The Morgan fingerprint density at radius 1 is 1.04 bits per heavy atom. The Kier molecular flexibility index (Phi) is 4.94. The molecule has 0 spiro atoms. The van der Waals surface area contributed by atoms with Gasteiger partial charge >= 0.3 is 0 Å². The molecule has 4 N–H and O–H groups in total. The van der Waals surface area contributed by atoms with Gasteiger partial charge in [0.25, 0.3) is 5.91 Å². The normalized spacial score (nSPS) is 10.4. The van der Waals surface area contributed by atoms with E-state index in [1.165, 1.54) is 19.2 Å². The van der Waals surface area contributed by atoms with Crippen LogP contribution in [0.1, 0.15) is 25.6 Å². The fourth-order valence-corrected chi connectivity index (χ4v) is 3.12. The van der Waals surface area contributed by atoms with Crippen molar-refractivity contribution in [2.24, 2.45) is 0 Å². The molecule has 132 valence electrons. The molecule has 0 aliphatic carbocycles. The van der Waals surface area contributed by atoms with Crippen LogP contribution in [0.3, 0.4) is 0 Å². The second-order valence-electron chi connectivity index (χ2n) is 5.35. The zero-order valence-corrected chi connectivity index (χ0v) is 14.6. The first-order valence-electron chi connectivity index (χ1n) is 7.63. The lowest BCUT2D eigenvalue weighted by molar-refractivity contribution is 0.0961. The number of halogens is 1. The van der Waals surface area contributed by atoms with E-state index in [1.807, 2.05) is 0 Å². The number of thiazole rings is 1. The van der Waals surface area contributed by atoms with Crippen LogP contribution in [0.25, 0.3) is 0 Å². The summed E-state index contributed by atoms with van der Waals surface area (Å²) in [6.07, 6.45) is 0. The van der Waals surface area contributed by atoms with Crippen LogP contribution in [0.2, 0.25) is 0 Å². The topological polar surface area (TPSA) is 97.1 Å². The number of carbonyl (C=O) groups is 2. The van der Waals surface area contributed by atoms with E-state index in [4.69, 9.17) is 5.73 Å². The highest BCUT2D eigenvalue weighted by molar-refractivity contribution is 7.18. The van der Waals surface area contributed by atoms with Crippen molar-refractivity contribution in [2.45, 2.75) is 0 Å². The molecule has 0 fully saturated rings. The van der Waals surface area contributed by atoms with Crippen LogP contribution >= 0.6 is 11.3 Å². The number of nitrogens with one attached hydrogen (secondary N) is 2. The van der Waals surface area contributed by atoms with E-state index in [0.717, 1.165) is 11.3 Å². The number of hydrogen-bond acceptors (Lipinski definition) is 6. The number of carbonyl (C=O) groups excluding carboxylic acids is 2. The number of ketones is 1. The standard InChI is InChI=1S/C18H15FN4O2S/c1-21-17(25)11-4-2-10(3-5-11)14(24)15-16(20)23-18(26-15)22-13-8-6-12(19)7-9-13/h2-9H,20H2,1H3,(H,21,25)(H,22,23). The first-order chi connectivity index (χ1) is 12.5. The molecule has 0 unspecified atom stereocenters. The highest BCUT2D eigenvalue weighted by Crippen LogP contribution is 2.29. The van der Waals surface area contributed by atoms with Crippen LogP contribution in [0, 0.1) is 5.82 Å². The Hall–Kier alpha value is -3.26. The predicted octanol–water partition coefficient (Wildman–Crippen LogP) is 3.20. The van der Waals surface area contributed by atoms with E-state index >= 15 is 0 Å². The minimum absolute atomic E-state index is 0.111. The first-order valence-corrected chi connectivity index (χ1v) is 8.45. The summed E-state index contributed by atoms with van der Waals surface area (Å²) < 4.78 is 13.0. The van der Waals surface area contributed by atoms with Gasteiger partial charge in [0, 0.05) is 23.9 Å². The van der Waals surface area contributed by atoms with Gasteiger partial charge in [-0.15, -0.1) is 0 Å². The fraction of sp³-hybridized carbons (Fsp3) is 0.0556. The molecule has 8 heteroatoms. The Morgan fingerprint density at radius 3 is 2.27 bits per heavy atom. The lowest BCUT2D eigenvalue weighted by Crippen LogP contribution is -2.17. The molecule has 1 heterocycles. The van der Waals surface area contributed by atoms with Crippen LogP contribution in [0.5, 0.6) is 0 Å². The molecule has 26 heavy (non-hydrogen) atoms. The van der Waals surface area contributed by atoms with Gasteiger partial charge in [-0.05, 0) is 36.4 Å². The zero-order valence-electron chi connectivity index (χ0n) is 13.7. The average molecular weight is 370 g/mol. The summed E-state index contributed by atoms with van der Waals surface area (Å²) in [6.45, 7) is 0. The zero-order chi connectivity index (χ0) is 18.7. The lowest BCUT2D eigenvalue weighted by Gasteiger charge is -2.02. The lowest BCUT2D eigenvalue weighted by atomic mass is 10.1. The third-order valence-corrected chi connectivity index (χ3v) is 4.58. The third kappa shape index (κ3) is 3.70. The molecule has 3 aromatic rings. The molecule has 1 aromatic heterocycles. The number of nitrogens with two attached hydrogens (primary N) is 1. The quantitative estimate of drug-likeness (QED) is 0.599. The molecule has 0 bridgehead atoms. The van der Waals surface area contributed by atoms with Gasteiger partial charge in [-0.1, -0.05) is 23.5 Å². The van der Waals surface area contributed by atoms with Gasteiger partial charge in [0.2, 0.25) is 5.78 Å². The largest absolute Gasteiger partial charge is 0.382 e. The van der Waals surface area contributed by atoms with Gasteiger partial charge in [-0.25, -0.2) is 9.37 Å². The summed E-state index contributed by atoms with van der Waals surface area (Å²) >= 11 is 1.11. The number of amides is 1. The van der Waals surface area contributed by atoms with E-state index < -0.39 is 0 Å². The highest BCUT2D eigenvalue weighted by Gasteiger charge is 2.18. The fourth-order valence-electron chi connectivity index (χ4n) is 2.25. The van der Waals surface area contributed by atoms with Gasteiger partial charge < -0.3 is 16.4 Å². The van der Waals surface area contributed by atoms with E-state index in [-0.39, 0.29) is 23.3 Å². The molecule has 1 amide bonds. The summed E-state index contributed by atoms with van der Waals surface area (Å²) in [4.78, 5) is 28.6. The Morgan fingerprint density at radius 2 is 1.65 bits per heavy atom. The molecule has 6 nitrogen and oxygen atoms in total. The van der Waals surface area contributed by atoms with Crippen molar-refractivity contribution in [1.29, 1.82) is 0 Å². The summed E-state index contributed by atoms with van der Waals surface area (Å²) in [5, 5.41) is 5.93. The van der Waals surface area contributed by atoms with E-state index in [2.05, 4.69) is 15.6 Å². The van der Waals surface area contributed by atoms with Crippen molar-refractivity contribution in [3.63, 3.8) is 0 Å². The summed E-state index contributed by atoms with van der Waals surface area (Å²) in [7, 11) is 1.54. The van der Waals surface area contributed by atoms with Crippen molar-refractivity contribution < 1.29 is 14.0 Å². The number of benzene rings is 2. The minimum atomic E-state index is -0.342. The molecule has 2 aromatic carbocycles. The number of rotatable bonds is 5. The second-order valence-corrected chi connectivity index (χ2v) is 6.35. The van der Waals surface area contributed by atoms with E-state index in [1.54, 1.807) is 36.4 Å². The van der Waals surface area contributed by atoms with Crippen LogP contribution in [0.4, 0.5) is 21.0 Å². The number of nitrogens with zero attached hydrogens (tertiary/aromatic N) is 1. The van der Waals surface area contributed by atoms with Crippen LogP contribution < -0.4 is 16.4 Å². The van der Waals surface area contributed by atoms with E-state index in [9.17, 15) is 14.0 Å². The molecule has 0 atom stereocenters. The van der Waals surface area contributed by atoms with Crippen molar-refractivity contribution in [2.75, 3.05) is 18.1 Å². The second kappa shape index (κ2) is 7.32. The predicted molar refractivity (Wildman–Crippen MR) is 99.5 cm³/mol. The maximum atomic E-state index is 13.0. The number of anilines is 3. The van der Waals surface area contributed by atoms with Crippen LogP contribution in [-0.2, 0) is 0 Å². The van der Waals surface area contributed by atoms with Crippen molar-refractivity contribution in [3.05, 3.63) is 70.4 Å². The van der Waals surface area contributed by atoms with Gasteiger partial charge in [0.15, 0.2) is 5.13 Å². The number of hydrogen-bond donors (Lipinski definition) is 3. The molecule has 0 radical (unpaired) electrons. The minimum Gasteiger partial charge on any atom is -0.382 e. The van der Waals surface area contributed by atoms with Gasteiger partial charge in [0.1, 0.15) is 16.5 Å². The summed E-state index contributed by atoms with van der Waals surface area (Å²) in [5.74, 6) is -0.743. The van der Waals surface area contributed by atoms with Crippen LogP contribution in [-0.4, -0.2) is 23.7 Å². The van der Waals surface area contributed by atoms with Crippen molar-refractivity contribution in [3.8, 4) is 0 Å². The van der Waals surface area contributed by atoms with E-state index in [0.29, 0.717) is 26.8 Å². The Labute approximate surface area is 152 Å². The monoisotopic (exact) mass is 370 g/mol.